The van der Waals surface area contributed by atoms with E-state index in [1.54, 1.807) is 13.2 Å². The summed E-state index contributed by atoms with van der Waals surface area (Å²) in [6, 6.07) is 20.3. The van der Waals surface area contributed by atoms with Crippen molar-refractivity contribution in [1.29, 1.82) is 0 Å². The molecule has 0 aliphatic carbocycles. The molecule has 0 fully saturated rings. The topological polar surface area (TPSA) is 38.7 Å². The van der Waals surface area contributed by atoms with Gasteiger partial charge >= 0.3 is 0 Å². The predicted molar refractivity (Wildman–Crippen MR) is 98.9 cm³/mol. The number of ether oxygens (including phenoxy) is 2. The molecule has 26 heavy (non-hydrogen) atoms. The first kappa shape index (κ1) is 18.0. The molecule has 1 N–H and O–H groups in total. The summed E-state index contributed by atoms with van der Waals surface area (Å²) in [6.45, 7) is 0.103. The van der Waals surface area contributed by atoms with E-state index in [4.69, 9.17) is 9.47 Å². The van der Waals surface area contributed by atoms with Crippen LogP contribution in [0.1, 0.15) is 22.3 Å². The SMILES string of the molecule is COc1ccc(Cc2c(F)cc(CO)cc2OCc2ccccc2)cc1. The third kappa shape index (κ3) is 4.41. The summed E-state index contributed by atoms with van der Waals surface area (Å²) in [6.07, 6.45) is 0.395. The zero-order valence-corrected chi connectivity index (χ0v) is 14.6. The third-order valence-corrected chi connectivity index (χ3v) is 4.17. The fourth-order valence-electron chi connectivity index (χ4n) is 2.74. The molecular formula is C22H21FO3. The van der Waals surface area contributed by atoms with E-state index >= 15 is 0 Å². The Balaban J connectivity index is 1.86. The molecule has 3 nitrogen and oxygen atoms in total. The number of hydrogen-bond donors (Lipinski definition) is 1. The number of halogens is 1. The van der Waals surface area contributed by atoms with Crippen LogP contribution in [0.5, 0.6) is 11.5 Å². The van der Waals surface area contributed by atoms with Crippen molar-refractivity contribution >= 4 is 0 Å². The zero-order valence-electron chi connectivity index (χ0n) is 14.6. The van der Waals surface area contributed by atoms with Gasteiger partial charge in [0.2, 0.25) is 0 Å². The van der Waals surface area contributed by atoms with Crippen LogP contribution in [-0.4, -0.2) is 12.2 Å². The van der Waals surface area contributed by atoms with E-state index in [0.29, 0.717) is 29.9 Å². The van der Waals surface area contributed by atoms with Gasteiger partial charge in [-0.15, -0.1) is 0 Å². The van der Waals surface area contributed by atoms with Crippen LogP contribution in [0.3, 0.4) is 0 Å². The average Bonchev–Trinajstić information content (AvgIpc) is 2.69. The van der Waals surface area contributed by atoms with Gasteiger partial charge in [-0.1, -0.05) is 42.5 Å². The number of methoxy groups -OCH3 is 1. The second kappa shape index (κ2) is 8.50. The first-order valence-corrected chi connectivity index (χ1v) is 8.41. The Morgan fingerprint density at radius 1 is 0.885 bits per heavy atom. The van der Waals surface area contributed by atoms with Crippen LogP contribution in [0, 0.1) is 5.82 Å². The number of benzene rings is 3. The monoisotopic (exact) mass is 352 g/mol. The minimum absolute atomic E-state index is 0.235. The highest BCUT2D eigenvalue weighted by molar-refractivity contribution is 5.42. The summed E-state index contributed by atoms with van der Waals surface area (Å²) in [5, 5.41) is 9.37. The van der Waals surface area contributed by atoms with Crippen LogP contribution in [-0.2, 0) is 19.6 Å². The highest BCUT2D eigenvalue weighted by atomic mass is 19.1. The molecule has 0 heterocycles. The molecule has 134 valence electrons. The van der Waals surface area contributed by atoms with Crippen LogP contribution in [0.15, 0.2) is 66.7 Å². The van der Waals surface area contributed by atoms with Crippen molar-refractivity contribution in [1.82, 2.24) is 0 Å². The molecule has 3 rings (SSSR count). The van der Waals surface area contributed by atoms with Gasteiger partial charge in [0.1, 0.15) is 23.9 Å². The van der Waals surface area contributed by atoms with Crippen molar-refractivity contribution < 1.29 is 19.0 Å². The molecule has 0 aliphatic rings. The number of aliphatic hydroxyl groups is 1. The average molecular weight is 352 g/mol. The Hall–Kier alpha value is -2.85. The van der Waals surface area contributed by atoms with Crippen LogP contribution in [0.4, 0.5) is 4.39 Å². The highest BCUT2D eigenvalue weighted by Gasteiger charge is 2.14. The summed E-state index contributed by atoms with van der Waals surface area (Å²) in [4.78, 5) is 0. The largest absolute Gasteiger partial charge is 0.497 e. The molecule has 0 unspecified atom stereocenters. The van der Waals surface area contributed by atoms with E-state index in [1.165, 1.54) is 6.07 Å². The van der Waals surface area contributed by atoms with Crippen molar-refractivity contribution in [2.24, 2.45) is 0 Å². The van der Waals surface area contributed by atoms with Gasteiger partial charge in [0.15, 0.2) is 0 Å². The second-order valence-corrected chi connectivity index (χ2v) is 6.01. The maximum Gasteiger partial charge on any atom is 0.130 e. The summed E-state index contributed by atoms with van der Waals surface area (Å²) in [5.41, 5.74) is 2.91. The molecule has 0 bridgehead atoms. The molecule has 3 aromatic carbocycles. The third-order valence-electron chi connectivity index (χ3n) is 4.17. The molecule has 0 aliphatic heterocycles. The normalized spacial score (nSPS) is 10.6. The molecule has 0 atom stereocenters. The Kier molecular flexibility index (Phi) is 5.87. The van der Waals surface area contributed by atoms with Crippen molar-refractivity contribution in [2.75, 3.05) is 7.11 Å². The van der Waals surface area contributed by atoms with Gasteiger partial charge < -0.3 is 14.6 Å². The summed E-state index contributed by atoms with van der Waals surface area (Å²) >= 11 is 0. The van der Waals surface area contributed by atoms with Crippen LogP contribution < -0.4 is 9.47 Å². The van der Waals surface area contributed by atoms with Gasteiger partial charge in [-0.3, -0.25) is 0 Å². The lowest BCUT2D eigenvalue weighted by molar-refractivity contribution is 0.276. The lowest BCUT2D eigenvalue weighted by atomic mass is 10.0. The minimum atomic E-state index is -0.379. The maximum atomic E-state index is 14.6. The number of rotatable bonds is 7. The molecule has 4 heteroatoms. The molecule has 3 aromatic rings. The molecular weight excluding hydrogens is 331 g/mol. The lowest BCUT2D eigenvalue weighted by Gasteiger charge is -2.15. The number of hydrogen-bond acceptors (Lipinski definition) is 3. The second-order valence-electron chi connectivity index (χ2n) is 6.01. The fraction of sp³-hybridized carbons (Fsp3) is 0.182. The van der Waals surface area contributed by atoms with Gasteiger partial charge in [0, 0.05) is 12.0 Å². The molecule has 0 saturated heterocycles. The molecule has 0 amide bonds. The summed E-state index contributed by atoms with van der Waals surface area (Å²) in [7, 11) is 1.61. The van der Waals surface area contributed by atoms with Crippen molar-refractivity contribution in [2.45, 2.75) is 19.6 Å². The molecule has 0 spiro atoms. The molecule has 0 saturated carbocycles. The van der Waals surface area contributed by atoms with Crippen LogP contribution in [0.2, 0.25) is 0 Å². The summed E-state index contributed by atoms with van der Waals surface area (Å²) in [5.74, 6) is 0.828. The smallest absolute Gasteiger partial charge is 0.130 e. The molecule has 0 radical (unpaired) electrons. The summed E-state index contributed by atoms with van der Waals surface area (Å²) < 4.78 is 25.7. The lowest BCUT2D eigenvalue weighted by Crippen LogP contribution is -2.03. The highest BCUT2D eigenvalue weighted by Crippen LogP contribution is 2.28. The predicted octanol–water partition coefficient (Wildman–Crippen LogP) is 4.50. The van der Waals surface area contributed by atoms with Crippen molar-refractivity contribution in [3.63, 3.8) is 0 Å². The first-order chi connectivity index (χ1) is 12.7. The van der Waals surface area contributed by atoms with Gasteiger partial charge in [0.05, 0.1) is 13.7 Å². The Morgan fingerprint density at radius 2 is 1.62 bits per heavy atom. The van der Waals surface area contributed by atoms with Gasteiger partial charge in [-0.2, -0.15) is 0 Å². The van der Waals surface area contributed by atoms with Crippen LogP contribution in [0.25, 0.3) is 0 Å². The van der Waals surface area contributed by atoms with E-state index in [1.807, 2.05) is 54.6 Å². The van der Waals surface area contributed by atoms with Gasteiger partial charge in [0.25, 0.3) is 0 Å². The Morgan fingerprint density at radius 3 is 2.27 bits per heavy atom. The van der Waals surface area contributed by atoms with E-state index < -0.39 is 0 Å². The van der Waals surface area contributed by atoms with E-state index in [-0.39, 0.29) is 12.4 Å². The van der Waals surface area contributed by atoms with Gasteiger partial charge in [-0.05, 0) is 41.0 Å². The zero-order chi connectivity index (χ0) is 18.4. The Bertz CT molecular complexity index is 845. The first-order valence-electron chi connectivity index (χ1n) is 8.41. The molecule has 0 aromatic heterocycles. The van der Waals surface area contributed by atoms with Crippen LogP contribution >= 0.6 is 0 Å². The Labute approximate surface area is 152 Å². The maximum absolute atomic E-state index is 14.6. The van der Waals surface area contributed by atoms with Crippen molar-refractivity contribution in [3.05, 3.63) is 94.8 Å². The van der Waals surface area contributed by atoms with Crippen molar-refractivity contribution in [3.8, 4) is 11.5 Å². The number of aliphatic hydroxyl groups excluding tert-OH is 1. The van der Waals surface area contributed by atoms with E-state index in [0.717, 1.165) is 16.9 Å². The fourth-order valence-corrected chi connectivity index (χ4v) is 2.74. The van der Waals surface area contributed by atoms with E-state index in [2.05, 4.69) is 0 Å². The standard InChI is InChI=1S/C22H21FO3/c1-25-19-9-7-16(8-10-19)11-20-21(23)12-18(14-24)13-22(20)26-15-17-5-3-2-4-6-17/h2-10,12-13,24H,11,14-15H2,1H3. The van der Waals surface area contributed by atoms with E-state index in [9.17, 15) is 9.50 Å². The minimum Gasteiger partial charge on any atom is -0.497 e. The van der Waals surface area contributed by atoms with Gasteiger partial charge in [-0.25, -0.2) is 4.39 Å². The quantitative estimate of drug-likeness (QED) is 0.681.